The van der Waals surface area contributed by atoms with Gasteiger partial charge >= 0.3 is 0 Å². The van der Waals surface area contributed by atoms with Crippen LogP contribution in [-0.4, -0.2) is 13.1 Å². The Labute approximate surface area is 104 Å². The molecule has 2 rings (SSSR count). The molecule has 1 aliphatic carbocycles. The summed E-state index contributed by atoms with van der Waals surface area (Å²) in [6, 6.07) is 5.00. The molecular formula is C12H16BrFN2. The van der Waals surface area contributed by atoms with Crippen molar-refractivity contribution in [3.8, 4) is 0 Å². The molecule has 1 aliphatic rings. The first-order valence-corrected chi connectivity index (χ1v) is 6.29. The highest BCUT2D eigenvalue weighted by Gasteiger charge is 2.40. The molecule has 1 fully saturated rings. The van der Waals surface area contributed by atoms with Crippen LogP contribution in [0.3, 0.4) is 0 Å². The van der Waals surface area contributed by atoms with Gasteiger partial charge in [0, 0.05) is 23.1 Å². The van der Waals surface area contributed by atoms with Crippen molar-refractivity contribution in [1.29, 1.82) is 0 Å². The summed E-state index contributed by atoms with van der Waals surface area (Å²) in [4.78, 5) is 0. The maximum absolute atomic E-state index is 13.4. The number of benzene rings is 1. The molecule has 2 nitrogen and oxygen atoms in total. The zero-order valence-electron chi connectivity index (χ0n) is 9.10. The van der Waals surface area contributed by atoms with Crippen LogP contribution in [-0.2, 0) is 6.54 Å². The van der Waals surface area contributed by atoms with E-state index in [0.717, 1.165) is 17.6 Å². The lowest BCUT2D eigenvalue weighted by Gasteiger charge is -2.13. The third-order valence-electron chi connectivity index (χ3n) is 3.21. The summed E-state index contributed by atoms with van der Waals surface area (Å²) in [5.41, 5.74) is 6.67. The highest BCUT2D eigenvalue weighted by molar-refractivity contribution is 9.10. The summed E-state index contributed by atoms with van der Waals surface area (Å²) >= 11 is 3.34. The molecule has 0 aliphatic heterocycles. The molecule has 16 heavy (non-hydrogen) atoms. The lowest BCUT2D eigenvalue weighted by molar-refractivity contribution is 0.462. The Morgan fingerprint density at radius 2 is 2.19 bits per heavy atom. The van der Waals surface area contributed by atoms with Crippen molar-refractivity contribution in [2.45, 2.75) is 19.4 Å². The lowest BCUT2D eigenvalue weighted by Crippen LogP contribution is -2.29. The summed E-state index contributed by atoms with van der Waals surface area (Å²) in [6.07, 6.45) is 2.38. The van der Waals surface area contributed by atoms with Crippen LogP contribution in [0.2, 0.25) is 0 Å². The minimum atomic E-state index is -0.159. The van der Waals surface area contributed by atoms with Crippen molar-refractivity contribution in [3.63, 3.8) is 0 Å². The van der Waals surface area contributed by atoms with Crippen molar-refractivity contribution in [2.75, 3.05) is 13.1 Å². The predicted octanol–water partition coefficient (Wildman–Crippen LogP) is 2.42. The van der Waals surface area contributed by atoms with E-state index < -0.39 is 0 Å². The molecule has 0 aromatic heterocycles. The van der Waals surface area contributed by atoms with E-state index in [1.54, 1.807) is 6.07 Å². The molecule has 0 amide bonds. The largest absolute Gasteiger partial charge is 0.330 e. The van der Waals surface area contributed by atoms with Gasteiger partial charge in [-0.25, -0.2) is 4.39 Å². The first-order chi connectivity index (χ1) is 7.65. The van der Waals surface area contributed by atoms with Gasteiger partial charge < -0.3 is 11.1 Å². The Morgan fingerprint density at radius 3 is 2.81 bits per heavy atom. The average Bonchev–Trinajstić information content (AvgIpc) is 3.04. The summed E-state index contributed by atoms with van der Waals surface area (Å²) in [6.45, 7) is 2.17. The van der Waals surface area contributed by atoms with Crippen LogP contribution in [0.25, 0.3) is 0 Å². The molecule has 1 aromatic carbocycles. The molecule has 1 aromatic rings. The topological polar surface area (TPSA) is 38.0 Å². The quantitative estimate of drug-likeness (QED) is 0.873. The SMILES string of the molecule is NCC1(CNCc2cc(Br)ccc2F)CC1. The Morgan fingerprint density at radius 1 is 1.44 bits per heavy atom. The predicted molar refractivity (Wildman–Crippen MR) is 66.5 cm³/mol. The van der Waals surface area contributed by atoms with Crippen LogP contribution in [0.5, 0.6) is 0 Å². The number of hydrogen-bond donors (Lipinski definition) is 2. The lowest BCUT2D eigenvalue weighted by atomic mass is 10.1. The van der Waals surface area contributed by atoms with Crippen LogP contribution in [0.4, 0.5) is 4.39 Å². The Kier molecular flexibility index (Phi) is 3.62. The van der Waals surface area contributed by atoms with Crippen molar-refractivity contribution in [1.82, 2.24) is 5.32 Å². The third kappa shape index (κ3) is 2.81. The monoisotopic (exact) mass is 286 g/mol. The second-order valence-corrected chi connectivity index (χ2v) is 5.46. The molecule has 0 bridgehead atoms. The van der Waals surface area contributed by atoms with E-state index in [9.17, 15) is 4.39 Å². The summed E-state index contributed by atoms with van der Waals surface area (Å²) in [5, 5.41) is 3.28. The molecule has 0 radical (unpaired) electrons. The van der Waals surface area contributed by atoms with E-state index in [-0.39, 0.29) is 5.82 Å². The van der Waals surface area contributed by atoms with Gasteiger partial charge in [-0.1, -0.05) is 15.9 Å². The van der Waals surface area contributed by atoms with Crippen molar-refractivity contribution < 1.29 is 4.39 Å². The minimum absolute atomic E-state index is 0.159. The molecule has 0 spiro atoms. The number of halogens is 2. The van der Waals surface area contributed by atoms with Crippen LogP contribution >= 0.6 is 15.9 Å². The second kappa shape index (κ2) is 4.82. The fourth-order valence-corrected chi connectivity index (χ4v) is 2.18. The number of hydrogen-bond acceptors (Lipinski definition) is 2. The molecule has 1 saturated carbocycles. The smallest absolute Gasteiger partial charge is 0.127 e. The molecule has 4 heteroatoms. The maximum atomic E-state index is 13.4. The highest BCUT2D eigenvalue weighted by atomic mass is 79.9. The third-order valence-corrected chi connectivity index (χ3v) is 3.71. The van der Waals surface area contributed by atoms with Crippen LogP contribution in [0, 0.1) is 11.2 Å². The van der Waals surface area contributed by atoms with E-state index in [2.05, 4.69) is 21.2 Å². The van der Waals surface area contributed by atoms with Gasteiger partial charge in [0.25, 0.3) is 0 Å². The molecule has 3 N–H and O–H groups in total. The van der Waals surface area contributed by atoms with Crippen molar-refractivity contribution in [2.24, 2.45) is 11.1 Å². The normalized spacial score (nSPS) is 17.4. The van der Waals surface area contributed by atoms with Gasteiger partial charge in [0.05, 0.1) is 0 Å². The van der Waals surface area contributed by atoms with Gasteiger partial charge in [-0.3, -0.25) is 0 Å². The van der Waals surface area contributed by atoms with Crippen molar-refractivity contribution >= 4 is 15.9 Å². The minimum Gasteiger partial charge on any atom is -0.330 e. The van der Waals surface area contributed by atoms with Crippen LogP contribution < -0.4 is 11.1 Å². The van der Waals surface area contributed by atoms with Gasteiger partial charge in [-0.05, 0) is 43.0 Å². The van der Waals surface area contributed by atoms with Crippen LogP contribution in [0.15, 0.2) is 22.7 Å². The first kappa shape index (κ1) is 12.0. The highest BCUT2D eigenvalue weighted by Crippen LogP contribution is 2.43. The fourth-order valence-electron chi connectivity index (χ4n) is 1.77. The van der Waals surface area contributed by atoms with Gasteiger partial charge in [-0.2, -0.15) is 0 Å². The average molecular weight is 287 g/mol. The van der Waals surface area contributed by atoms with Crippen molar-refractivity contribution in [3.05, 3.63) is 34.1 Å². The zero-order chi connectivity index (χ0) is 11.6. The molecule has 88 valence electrons. The molecule has 0 saturated heterocycles. The van der Waals surface area contributed by atoms with Crippen LogP contribution in [0.1, 0.15) is 18.4 Å². The first-order valence-electron chi connectivity index (χ1n) is 5.50. The molecule has 0 atom stereocenters. The van der Waals surface area contributed by atoms with E-state index in [1.807, 2.05) is 6.07 Å². The van der Waals surface area contributed by atoms with E-state index in [1.165, 1.54) is 18.9 Å². The standard InChI is InChI=1S/C12H16BrFN2/c13-10-1-2-11(14)9(5-10)6-16-8-12(7-15)3-4-12/h1-2,5,16H,3-4,6-8,15H2. The fraction of sp³-hybridized carbons (Fsp3) is 0.500. The van der Waals surface area contributed by atoms with Gasteiger partial charge in [0.1, 0.15) is 5.82 Å². The summed E-state index contributed by atoms with van der Waals surface area (Å²) in [5.74, 6) is -0.159. The van der Waals surface area contributed by atoms with E-state index in [4.69, 9.17) is 5.73 Å². The van der Waals surface area contributed by atoms with E-state index >= 15 is 0 Å². The molecule has 0 heterocycles. The molecule has 0 unspecified atom stereocenters. The molecular weight excluding hydrogens is 271 g/mol. The maximum Gasteiger partial charge on any atom is 0.127 e. The summed E-state index contributed by atoms with van der Waals surface area (Å²) in [7, 11) is 0. The second-order valence-electron chi connectivity index (χ2n) is 4.54. The van der Waals surface area contributed by atoms with Gasteiger partial charge in [0.15, 0.2) is 0 Å². The van der Waals surface area contributed by atoms with Gasteiger partial charge in [0.2, 0.25) is 0 Å². The zero-order valence-corrected chi connectivity index (χ0v) is 10.7. The Hall–Kier alpha value is -0.450. The van der Waals surface area contributed by atoms with E-state index in [0.29, 0.717) is 17.5 Å². The number of rotatable bonds is 5. The van der Waals surface area contributed by atoms with Gasteiger partial charge in [-0.15, -0.1) is 0 Å². The number of nitrogens with one attached hydrogen (secondary N) is 1. The Bertz CT molecular complexity index is 377. The summed E-state index contributed by atoms with van der Waals surface area (Å²) < 4.78 is 14.3. The number of nitrogens with two attached hydrogens (primary N) is 1. The Balaban J connectivity index is 1.87.